The van der Waals surface area contributed by atoms with Gasteiger partial charge in [0.1, 0.15) is 5.75 Å². The number of benzene rings is 1. The first-order valence-corrected chi connectivity index (χ1v) is 8.06. The number of hydrogen-bond acceptors (Lipinski definition) is 1. The maximum Gasteiger partial charge on any atom is 0.115 e. The highest BCUT2D eigenvalue weighted by Gasteiger charge is 2.46. The molecule has 1 saturated carbocycles. The van der Waals surface area contributed by atoms with E-state index in [1.165, 1.54) is 0 Å². The predicted molar refractivity (Wildman–Crippen MR) is 86.0 cm³/mol. The molecular formula is C12H12Cl6O. The van der Waals surface area contributed by atoms with Crippen molar-refractivity contribution in [2.45, 2.75) is 32.3 Å². The number of rotatable bonds is 0. The Bertz CT molecular complexity index is 317. The van der Waals surface area contributed by atoms with Gasteiger partial charge in [0.25, 0.3) is 0 Å². The molecule has 0 heterocycles. The van der Waals surface area contributed by atoms with E-state index < -0.39 is 32.3 Å². The monoisotopic (exact) mass is 382 g/mol. The van der Waals surface area contributed by atoms with Gasteiger partial charge in [-0.1, -0.05) is 18.2 Å². The fourth-order valence-corrected chi connectivity index (χ4v) is 3.81. The summed E-state index contributed by atoms with van der Waals surface area (Å²) in [6.45, 7) is 0. The number of hydrogen-bond donors (Lipinski definition) is 1. The van der Waals surface area contributed by atoms with Crippen LogP contribution in [0.1, 0.15) is 0 Å². The Balaban J connectivity index is 0.000000218. The minimum absolute atomic E-state index is 0.322. The second kappa shape index (κ2) is 8.26. The van der Waals surface area contributed by atoms with Crippen LogP contribution in [0.4, 0.5) is 0 Å². The molecule has 19 heavy (non-hydrogen) atoms. The molecule has 108 valence electrons. The minimum atomic E-state index is -0.437. The van der Waals surface area contributed by atoms with Crippen LogP contribution in [0.2, 0.25) is 0 Å². The topological polar surface area (TPSA) is 20.2 Å². The van der Waals surface area contributed by atoms with E-state index in [9.17, 15) is 0 Å². The average molecular weight is 385 g/mol. The van der Waals surface area contributed by atoms with Crippen molar-refractivity contribution >= 4 is 69.6 Å². The first-order valence-electron chi connectivity index (χ1n) is 5.44. The lowest BCUT2D eigenvalue weighted by Crippen LogP contribution is -2.52. The molecule has 1 N–H and O–H groups in total. The smallest absolute Gasteiger partial charge is 0.115 e. The largest absolute Gasteiger partial charge is 0.508 e. The van der Waals surface area contributed by atoms with E-state index >= 15 is 0 Å². The maximum absolute atomic E-state index is 8.63. The van der Waals surface area contributed by atoms with Gasteiger partial charge in [-0.05, 0) is 12.1 Å². The Morgan fingerprint density at radius 1 is 0.579 bits per heavy atom. The van der Waals surface area contributed by atoms with Crippen LogP contribution in [0.25, 0.3) is 0 Å². The number of alkyl halides is 6. The Hall–Kier alpha value is 0.760. The van der Waals surface area contributed by atoms with E-state index in [4.69, 9.17) is 74.7 Å². The van der Waals surface area contributed by atoms with E-state index in [-0.39, 0.29) is 0 Å². The summed E-state index contributed by atoms with van der Waals surface area (Å²) in [5, 5.41) is 6.01. The van der Waals surface area contributed by atoms with E-state index in [1.54, 1.807) is 24.3 Å². The second-order valence-electron chi connectivity index (χ2n) is 4.00. The van der Waals surface area contributed by atoms with Crippen LogP contribution in [0.5, 0.6) is 5.75 Å². The normalized spacial score (nSPS) is 38.2. The molecule has 0 aliphatic heterocycles. The highest BCUT2D eigenvalue weighted by Crippen LogP contribution is 2.39. The van der Waals surface area contributed by atoms with Crippen LogP contribution in [0, 0.1) is 0 Å². The maximum atomic E-state index is 8.63. The molecule has 0 amide bonds. The molecule has 1 fully saturated rings. The highest BCUT2D eigenvalue weighted by atomic mass is 35.5. The van der Waals surface area contributed by atoms with Crippen molar-refractivity contribution in [3.63, 3.8) is 0 Å². The summed E-state index contributed by atoms with van der Waals surface area (Å²) in [5.74, 6) is 0.322. The number of halogens is 6. The molecular weight excluding hydrogens is 373 g/mol. The summed E-state index contributed by atoms with van der Waals surface area (Å²) < 4.78 is 0. The summed E-state index contributed by atoms with van der Waals surface area (Å²) in [7, 11) is 0. The zero-order chi connectivity index (χ0) is 14.6. The molecule has 1 nitrogen and oxygen atoms in total. The number of phenols is 1. The molecule has 0 aromatic heterocycles. The van der Waals surface area contributed by atoms with Gasteiger partial charge in [-0.15, -0.1) is 69.6 Å². The van der Waals surface area contributed by atoms with Crippen molar-refractivity contribution < 1.29 is 5.11 Å². The molecule has 0 atom stereocenters. The first kappa shape index (κ1) is 17.8. The van der Waals surface area contributed by atoms with Crippen molar-refractivity contribution in [2.75, 3.05) is 0 Å². The lowest BCUT2D eigenvalue weighted by atomic mass is 9.97. The molecule has 0 unspecified atom stereocenters. The van der Waals surface area contributed by atoms with Gasteiger partial charge in [0.05, 0.1) is 32.3 Å². The zero-order valence-corrected chi connectivity index (χ0v) is 14.1. The van der Waals surface area contributed by atoms with Gasteiger partial charge in [0.15, 0.2) is 0 Å². The molecule has 2 rings (SSSR count). The van der Waals surface area contributed by atoms with Crippen LogP contribution < -0.4 is 0 Å². The molecule has 1 aliphatic rings. The average Bonchev–Trinajstić information content (AvgIpc) is 2.42. The molecule has 1 aromatic carbocycles. The first-order chi connectivity index (χ1) is 8.86. The molecule has 0 bridgehead atoms. The van der Waals surface area contributed by atoms with E-state index in [2.05, 4.69) is 0 Å². The number of phenolic OH excluding ortho intramolecular Hbond substituents is 1. The Labute approximate surface area is 142 Å². The van der Waals surface area contributed by atoms with Crippen LogP contribution in [0.3, 0.4) is 0 Å². The van der Waals surface area contributed by atoms with E-state index in [0.29, 0.717) is 5.75 Å². The highest BCUT2D eigenvalue weighted by molar-refractivity contribution is 6.45. The third-order valence-electron chi connectivity index (χ3n) is 2.58. The van der Waals surface area contributed by atoms with Crippen molar-refractivity contribution in [2.24, 2.45) is 0 Å². The number of para-hydroxylation sites is 1. The zero-order valence-electron chi connectivity index (χ0n) is 9.57. The van der Waals surface area contributed by atoms with Crippen molar-refractivity contribution in [1.82, 2.24) is 0 Å². The van der Waals surface area contributed by atoms with Crippen LogP contribution in [-0.2, 0) is 0 Å². The van der Waals surface area contributed by atoms with Crippen LogP contribution in [0.15, 0.2) is 30.3 Å². The molecule has 7 heteroatoms. The molecule has 0 saturated heterocycles. The van der Waals surface area contributed by atoms with E-state index in [0.717, 1.165) is 0 Å². The lowest BCUT2D eigenvalue weighted by Gasteiger charge is -2.37. The summed E-state index contributed by atoms with van der Waals surface area (Å²) in [4.78, 5) is 0. The summed E-state index contributed by atoms with van der Waals surface area (Å²) in [6, 6.07) is 8.71. The standard InChI is InChI=1S/C6H6Cl6.C6H6O/c7-1-2(8)4(10)6(12)5(11)3(1)9;7-6-4-2-1-3-5-6/h1-6H;1-5,7H. The summed E-state index contributed by atoms with van der Waals surface area (Å²) >= 11 is 35.3. The third-order valence-corrected chi connectivity index (χ3v) is 6.61. The van der Waals surface area contributed by atoms with Gasteiger partial charge in [0, 0.05) is 0 Å². The predicted octanol–water partition coefficient (Wildman–Crippen LogP) is 5.04. The van der Waals surface area contributed by atoms with Crippen molar-refractivity contribution in [1.29, 1.82) is 0 Å². The van der Waals surface area contributed by atoms with Crippen molar-refractivity contribution in [3.8, 4) is 5.75 Å². The minimum Gasteiger partial charge on any atom is -0.508 e. The third kappa shape index (κ3) is 4.91. The summed E-state index contributed by atoms with van der Waals surface area (Å²) in [6.07, 6.45) is 0. The fraction of sp³-hybridized carbons (Fsp3) is 0.500. The molecule has 0 radical (unpaired) electrons. The Morgan fingerprint density at radius 3 is 1.00 bits per heavy atom. The van der Waals surface area contributed by atoms with Crippen LogP contribution >= 0.6 is 69.6 Å². The van der Waals surface area contributed by atoms with E-state index in [1.807, 2.05) is 6.07 Å². The Morgan fingerprint density at radius 2 is 0.842 bits per heavy atom. The quantitative estimate of drug-likeness (QED) is 0.621. The fourth-order valence-electron chi connectivity index (χ4n) is 1.48. The number of aromatic hydroxyl groups is 1. The lowest BCUT2D eigenvalue weighted by molar-refractivity contribution is 0.475. The second-order valence-corrected chi connectivity index (χ2v) is 7.03. The van der Waals surface area contributed by atoms with Crippen molar-refractivity contribution in [3.05, 3.63) is 30.3 Å². The van der Waals surface area contributed by atoms with Gasteiger partial charge in [0.2, 0.25) is 0 Å². The van der Waals surface area contributed by atoms with Gasteiger partial charge in [-0.3, -0.25) is 0 Å². The molecule has 1 aromatic rings. The Kier molecular flexibility index (Phi) is 7.75. The van der Waals surface area contributed by atoms with Crippen LogP contribution in [-0.4, -0.2) is 37.4 Å². The molecule has 1 aliphatic carbocycles. The SMILES string of the molecule is ClC1C(Cl)C(Cl)C(Cl)C(Cl)C1Cl.Oc1ccccc1. The summed E-state index contributed by atoms with van der Waals surface area (Å²) in [5.41, 5.74) is 0. The van der Waals surface area contributed by atoms with Gasteiger partial charge < -0.3 is 5.11 Å². The van der Waals surface area contributed by atoms with Gasteiger partial charge in [-0.2, -0.15) is 0 Å². The molecule has 0 spiro atoms. The van der Waals surface area contributed by atoms with Gasteiger partial charge >= 0.3 is 0 Å². The van der Waals surface area contributed by atoms with Gasteiger partial charge in [-0.25, -0.2) is 0 Å².